The number of furan rings is 1. The van der Waals surface area contributed by atoms with Gasteiger partial charge < -0.3 is 20.2 Å². The first-order chi connectivity index (χ1) is 15.9. The van der Waals surface area contributed by atoms with Gasteiger partial charge in [-0.2, -0.15) is 4.31 Å². The van der Waals surface area contributed by atoms with Gasteiger partial charge in [-0.1, -0.05) is 26.8 Å². The van der Waals surface area contributed by atoms with E-state index in [1.54, 1.807) is 0 Å². The second kappa shape index (κ2) is 8.59. The lowest BCUT2D eigenvalue weighted by atomic mass is 9.85. The summed E-state index contributed by atoms with van der Waals surface area (Å²) >= 11 is 0. The van der Waals surface area contributed by atoms with Crippen molar-refractivity contribution in [2.45, 2.75) is 51.5 Å². The normalized spacial score (nSPS) is 16.1. The fourth-order valence-electron chi connectivity index (χ4n) is 4.15. The Hall–Kier alpha value is -3.11. The largest absolute Gasteiger partial charge is 0.504 e. The van der Waals surface area contributed by atoms with E-state index in [0.717, 1.165) is 18.6 Å². The number of anilines is 3. The molecule has 10 heteroatoms. The highest BCUT2D eigenvalue weighted by molar-refractivity contribution is 7.89. The Labute approximate surface area is 198 Å². The summed E-state index contributed by atoms with van der Waals surface area (Å²) in [5, 5.41) is 16.7. The van der Waals surface area contributed by atoms with E-state index in [9.17, 15) is 23.1 Å². The number of phenols is 1. The molecule has 0 amide bonds. The third kappa shape index (κ3) is 4.23. The Bertz CT molecular complexity index is 1390. The van der Waals surface area contributed by atoms with Crippen LogP contribution in [0, 0.1) is 12.3 Å². The molecule has 4 rings (SSSR count). The predicted molar refractivity (Wildman–Crippen MR) is 130 cm³/mol. The third-order valence-electron chi connectivity index (χ3n) is 6.05. The van der Waals surface area contributed by atoms with E-state index in [2.05, 4.69) is 10.6 Å². The Balaban J connectivity index is 1.67. The summed E-state index contributed by atoms with van der Waals surface area (Å²) in [5.74, 6) is 0.836. The van der Waals surface area contributed by atoms with Crippen LogP contribution in [-0.2, 0) is 10.0 Å². The highest BCUT2D eigenvalue weighted by atomic mass is 32.2. The molecule has 1 aliphatic rings. The molecule has 1 saturated heterocycles. The molecule has 34 heavy (non-hydrogen) atoms. The summed E-state index contributed by atoms with van der Waals surface area (Å²) in [7, 11) is -3.88. The van der Waals surface area contributed by atoms with Gasteiger partial charge in [-0.3, -0.25) is 9.59 Å². The van der Waals surface area contributed by atoms with Crippen LogP contribution in [0.4, 0.5) is 17.1 Å². The summed E-state index contributed by atoms with van der Waals surface area (Å²) in [6.07, 6.45) is 1.53. The number of sulfonamides is 1. The van der Waals surface area contributed by atoms with Crippen LogP contribution in [0.1, 0.15) is 51.2 Å². The van der Waals surface area contributed by atoms with Crippen LogP contribution in [0.15, 0.2) is 49.2 Å². The van der Waals surface area contributed by atoms with Gasteiger partial charge in [-0.15, -0.1) is 0 Å². The number of aryl methyl sites for hydroxylation is 1. The van der Waals surface area contributed by atoms with Crippen molar-refractivity contribution in [1.82, 2.24) is 4.31 Å². The first-order valence-electron chi connectivity index (χ1n) is 11.2. The number of aromatic hydroxyl groups is 1. The minimum absolute atomic E-state index is 0.0246. The fourth-order valence-corrected chi connectivity index (χ4v) is 5.77. The standard InChI is InChI=1S/C24H29N3O6S/c1-14-10-11-16(33-14)23(24(2,3)4)26-19-18(21(29)22(19)30)25-15-8-7-9-17(20(15)28)34(31,32)27-12-5-6-13-27/h7-11,23,25-26,28H,5-6,12-13H2,1-4H3/t23-/m0/s1. The third-order valence-corrected chi connectivity index (χ3v) is 7.98. The molecule has 3 aromatic rings. The van der Waals surface area contributed by atoms with E-state index in [1.165, 1.54) is 22.5 Å². The summed E-state index contributed by atoms with van der Waals surface area (Å²) < 4.78 is 33.0. The number of benzene rings is 1. The van der Waals surface area contributed by atoms with Gasteiger partial charge >= 0.3 is 0 Å². The highest BCUT2D eigenvalue weighted by Gasteiger charge is 2.34. The van der Waals surface area contributed by atoms with Gasteiger partial charge in [-0.05, 0) is 49.4 Å². The van der Waals surface area contributed by atoms with Crippen LogP contribution in [-0.4, -0.2) is 30.9 Å². The van der Waals surface area contributed by atoms with Gasteiger partial charge in [0, 0.05) is 13.1 Å². The van der Waals surface area contributed by atoms with Gasteiger partial charge in [0.25, 0.3) is 10.9 Å². The van der Waals surface area contributed by atoms with Crippen molar-refractivity contribution in [2.75, 3.05) is 23.7 Å². The summed E-state index contributed by atoms with van der Waals surface area (Å²) in [6.45, 7) is 8.52. The maximum absolute atomic E-state index is 13.0. The molecule has 1 fully saturated rings. The molecule has 0 aliphatic carbocycles. The van der Waals surface area contributed by atoms with Crippen molar-refractivity contribution in [3.8, 4) is 5.75 Å². The molecular formula is C24H29N3O6S. The molecule has 1 atom stereocenters. The molecule has 1 aromatic heterocycles. The quantitative estimate of drug-likeness (QED) is 0.340. The molecule has 0 radical (unpaired) electrons. The number of nitrogens with one attached hydrogen (secondary N) is 2. The smallest absolute Gasteiger partial charge is 0.253 e. The number of hydrogen-bond acceptors (Lipinski definition) is 8. The van der Waals surface area contributed by atoms with E-state index in [4.69, 9.17) is 4.42 Å². The molecule has 2 heterocycles. The maximum atomic E-state index is 13.0. The molecule has 9 nitrogen and oxygen atoms in total. The van der Waals surface area contributed by atoms with E-state index in [1.807, 2.05) is 39.8 Å². The van der Waals surface area contributed by atoms with Crippen molar-refractivity contribution in [1.29, 1.82) is 0 Å². The number of rotatable bonds is 7. The van der Waals surface area contributed by atoms with Crippen molar-refractivity contribution >= 4 is 27.1 Å². The summed E-state index contributed by atoms with van der Waals surface area (Å²) in [4.78, 5) is 24.6. The minimum Gasteiger partial charge on any atom is -0.504 e. The van der Waals surface area contributed by atoms with Crippen LogP contribution >= 0.6 is 0 Å². The predicted octanol–water partition coefficient (Wildman–Crippen LogP) is 3.62. The highest BCUT2D eigenvalue weighted by Crippen LogP contribution is 2.39. The first-order valence-corrected chi connectivity index (χ1v) is 12.6. The van der Waals surface area contributed by atoms with Crippen LogP contribution in [0.2, 0.25) is 0 Å². The summed E-state index contributed by atoms with van der Waals surface area (Å²) in [5.41, 5.74) is -1.76. The lowest BCUT2D eigenvalue weighted by Gasteiger charge is -2.31. The minimum atomic E-state index is -3.88. The number of para-hydroxylation sites is 1. The number of phenolic OH excluding ortho intramolecular Hbond substituents is 1. The number of hydrogen-bond donors (Lipinski definition) is 3. The molecule has 0 saturated carbocycles. The SMILES string of the molecule is Cc1ccc([C@H](Nc2c(Nc3cccc(S(=O)(=O)N4CCCC4)c3O)c(=O)c2=O)C(C)(C)C)o1. The molecule has 0 bridgehead atoms. The molecule has 0 spiro atoms. The van der Waals surface area contributed by atoms with Crippen molar-refractivity contribution in [2.24, 2.45) is 5.41 Å². The van der Waals surface area contributed by atoms with E-state index < -0.39 is 32.7 Å². The molecular weight excluding hydrogens is 458 g/mol. The number of nitrogens with zero attached hydrogens (tertiary/aromatic N) is 1. The van der Waals surface area contributed by atoms with Gasteiger partial charge in [0.1, 0.15) is 27.8 Å². The zero-order valence-corrected chi connectivity index (χ0v) is 20.5. The maximum Gasteiger partial charge on any atom is 0.253 e. The Morgan fingerprint density at radius 1 is 1.03 bits per heavy atom. The Morgan fingerprint density at radius 2 is 1.68 bits per heavy atom. The Morgan fingerprint density at radius 3 is 2.26 bits per heavy atom. The average molecular weight is 488 g/mol. The molecule has 0 unspecified atom stereocenters. The second-order valence-corrected chi connectivity index (χ2v) is 11.6. The van der Waals surface area contributed by atoms with E-state index >= 15 is 0 Å². The van der Waals surface area contributed by atoms with Crippen LogP contribution < -0.4 is 21.5 Å². The van der Waals surface area contributed by atoms with Crippen LogP contribution in [0.5, 0.6) is 5.75 Å². The second-order valence-electron chi connectivity index (χ2n) is 9.69. The summed E-state index contributed by atoms with van der Waals surface area (Å²) in [6, 6.07) is 7.48. The van der Waals surface area contributed by atoms with Gasteiger partial charge in [0.2, 0.25) is 10.0 Å². The van der Waals surface area contributed by atoms with E-state index in [-0.39, 0.29) is 27.4 Å². The zero-order chi connectivity index (χ0) is 24.8. The van der Waals surface area contributed by atoms with Gasteiger partial charge in [0.15, 0.2) is 5.75 Å². The van der Waals surface area contributed by atoms with E-state index in [0.29, 0.717) is 18.8 Å². The Kier molecular flexibility index (Phi) is 6.07. The molecule has 3 N–H and O–H groups in total. The van der Waals surface area contributed by atoms with Gasteiger partial charge in [-0.25, -0.2) is 8.42 Å². The lowest BCUT2D eigenvalue weighted by Crippen LogP contribution is -2.39. The topological polar surface area (TPSA) is 129 Å². The van der Waals surface area contributed by atoms with Crippen molar-refractivity contribution < 1.29 is 17.9 Å². The molecule has 182 valence electrons. The van der Waals surface area contributed by atoms with Gasteiger partial charge in [0.05, 0.1) is 11.7 Å². The molecule has 2 aromatic carbocycles. The lowest BCUT2D eigenvalue weighted by molar-refractivity contribution is 0.300. The van der Waals surface area contributed by atoms with Crippen LogP contribution in [0.3, 0.4) is 0 Å². The fraction of sp³-hybridized carbons (Fsp3) is 0.417. The monoisotopic (exact) mass is 487 g/mol. The van der Waals surface area contributed by atoms with Crippen molar-refractivity contribution in [3.05, 3.63) is 62.3 Å². The zero-order valence-electron chi connectivity index (χ0n) is 19.6. The average Bonchev–Trinajstić information content (AvgIpc) is 3.45. The molecule has 1 aliphatic heterocycles. The van der Waals surface area contributed by atoms with Crippen molar-refractivity contribution in [3.63, 3.8) is 0 Å². The first kappa shape index (κ1) is 24.0. The van der Waals surface area contributed by atoms with Crippen LogP contribution in [0.25, 0.3) is 0 Å².